The van der Waals surface area contributed by atoms with E-state index in [0.29, 0.717) is 11.4 Å². The van der Waals surface area contributed by atoms with Crippen molar-refractivity contribution < 1.29 is 18.3 Å². The molecule has 7 nitrogen and oxygen atoms in total. The van der Waals surface area contributed by atoms with Crippen molar-refractivity contribution in [3.05, 3.63) is 47.4 Å². The summed E-state index contributed by atoms with van der Waals surface area (Å²) < 4.78 is 26.8. The van der Waals surface area contributed by atoms with Crippen molar-refractivity contribution in [1.82, 2.24) is 14.7 Å². The summed E-state index contributed by atoms with van der Waals surface area (Å²) in [4.78, 5) is 17.9. The van der Waals surface area contributed by atoms with E-state index < -0.39 is 16.0 Å². The highest BCUT2D eigenvalue weighted by Crippen LogP contribution is 2.13. The predicted molar refractivity (Wildman–Crippen MR) is 85.0 cm³/mol. The third-order valence-corrected chi connectivity index (χ3v) is 4.71. The maximum atomic E-state index is 12.2. The first-order valence-electron chi connectivity index (χ1n) is 7.17. The zero-order chi connectivity index (χ0) is 17.0. The van der Waals surface area contributed by atoms with Crippen LogP contribution >= 0.6 is 0 Å². The molecule has 2 rings (SSSR count). The van der Waals surface area contributed by atoms with Crippen LogP contribution in [0.25, 0.3) is 0 Å². The number of nitrogens with one attached hydrogen (secondary N) is 2. The first-order valence-corrected chi connectivity index (χ1v) is 8.65. The highest BCUT2D eigenvalue weighted by atomic mass is 32.2. The Kier molecular flexibility index (Phi) is 5.17. The Labute approximate surface area is 134 Å². The van der Waals surface area contributed by atoms with Crippen LogP contribution in [0.5, 0.6) is 0 Å². The number of carboxylic acid groups (broad SMARTS) is 1. The van der Waals surface area contributed by atoms with E-state index in [1.807, 2.05) is 13.8 Å². The van der Waals surface area contributed by atoms with E-state index in [0.717, 1.165) is 0 Å². The summed E-state index contributed by atoms with van der Waals surface area (Å²) in [6.07, 6.45) is 1.57. The van der Waals surface area contributed by atoms with E-state index in [4.69, 9.17) is 5.11 Å². The molecule has 0 saturated heterocycles. The Balaban J connectivity index is 2.04. The lowest BCUT2D eigenvalue weighted by Gasteiger charge is -2.07. The maximum Gasteiger partial charge on any atom is 0.335 e. The number of aromatic nitrogens is 2. The van der Waals surface area contributed by atoms with E-state index in [2.05, 4.69) is 14.7 Å². The molecule has 1 heterocycles. The lowest BCUT2D eigenvalue weighted by Crippen LogP contribution is -2.26. The number of nitrogens with zero attached hydrogens (tertiary/aromatic N) is 1. The van der Waals surface area contributed by atoms with Gasteiger partial charge in [0.25, 0.3) is 10.0 Å². The first kappa shape index (κ1) is 17.2. The second kappa shape index (κ2) is 6.93. The van der Waals surface area contributed by atoms with Gasteiger partial charge < -0.3 is 10.1 Å². The summed E-state index contributed by atoms with van der Waals surface area (Å²) >= 11 is 0. The third-order valence-electron chi connectivity index (χ3n) is 3.34. The second-order valence-corrected chi connectivity index (χ2v) is 7.13. The van der Waals surface area contributed by atoms with Crippen LogP contribution < -0.4 is 4.72 Å². The van der Waals surface area contributed by atoms with Gasteiger partial charge >= 0.3 is 5.97 Å². The van der Waals surface area contributed by atoms with Gasteiger partial charge in [-0.2, -0.15) is 0 Å². The summed E-state index contributed by atoms with van der Waals surface area (Å²) in [6.45, 7) is 3.92. The average molecular weight is 337 g/mol. The van der Waals surface area contributed by atoms with Crippen molar-refractivity contribution in [2.75, 3.05) is 6.54 Å². The van der Waals surface area contributed by atoms with Crippen LogP contribution in [0.3, 0.4) is 0 Å². The molecule has 0 unspecified atom stereocenters. The molecule has 0 aliphatic rings. The molecule has 0 fully saturated rings. The van der Waals surface area contributed by atoms with Gasteiger partial charge in [-0.25, -0.2) is 22.9 Å². The standard InChI is InChI=1S/C15H19N3O4S/c1-10(2)14-16-9-13(18-14)23(21,22)17-8-7-11-5-3-4-6-12(11)15(19)20/h3-6,9-10,17H,7-8H2,1-2H3,(H,16,18)(H,19,20). The normalized spacial score (nSPS) is 11.8. The van der Waals surface area contributed by atoms with Crippen molar-refractivity contribution in [2.45, 2.75) is 31.2 Å². The number of aromatic amines is 1. The van der Waals surface area contributed by atoms with Crippen LogP contribution in [-0.4, -0.2) is 36.0 Å². The van der Waals surface area contributed by atoms with E-state index in [1.165, 1.54) is 12.3 Å². The molecule has 0 bridgehead atoms. The Morgan fingerprint density at radius 1 is 1.35 bits per heavy atom. The smallest absolute Gasteiger partial charge is 0.335 e. The minimum Gasteiger partial charge on any atom is -0.478 e. The van der Waals surface area contributed by atoms with Gasteiger partial charge in [0.2, 0.25) is 0 Å². The Bertz CT molecular complexity index is 797. The predicted octanol–water partition coefficient (Wildman–Crippen LogP) is 1.75. The monoisotopic (exact) mass is 337 g/mol. The number of H-pyrrole nitrogens is 1. The van der Waals surface area contributed by atoms with Gasteiger partial charge in [-0.3, -0.25) is 0 Å². The minimum absolute atomic E-state index is 0.00715. The molecule has 124 valence electrons. The number of rotatable bonds is 7. The van der Waals surface area contributed by atoms with Gasteiger partial charge in [0.1, 0.15) is 5.82 Å². The van der Waals surface area contributed by atoms with Crippen molar-refractivity contribution in [2.24, 2.45) is 0 Å². The first-order chi connectivity index (χ1) is 10.8. The van der Waals surface area contributed by atoms with Gasteiger partial charge in [0.05, 0.1) is 11.8 Å². The van der Waals surface area contributed by atoms with Gasteiger partial charge in [0, 0.05) is 12.5 Å². The summed E-state index contributed by atoms with van der Waals surface area (Å²) in [5.74, 6) is -0.332. The SMILES string of the molecule is CC(C)c1ncc(S(=O)(=O)NCCc2ccccc2C(=O)O)[nH]1. The highest BCUT2D eigenvalue weighted by Gasteiger charge is 2.18. The molecule has 0 amide bonds. The Morgan fingerprint density at radius 2 is 2.04 bits per heavy atom. The van der Waals surface area contributed by atoms with E-state index >= 15 is 0 Å². The molecular formula is C15H19N3O4S. The van der Waals surface area contributed by atoms with Crippen LogP contribution in [0.1, 0.15) is 41.5 Å². The number of carboxylic acids is 1. The zero-order valence-electron chi connectivity index (χ0n) is 12.9. The number of imidazole rings is 1. The van der Waals surface area contributed by atoms with E-state index in [9.17, 15) is 13.2 Å². The number of hydrogen-bond acceptors (Lipinski definition) is 4. The number of sulfonamides is 1. The average Bonchev–Trinajstić information content (AvgIpc) is 2.98. The Morgan fingerprint density at radius 3 is 2.65 bits per heavy atom. The van der Waals surface area contributed by atoms with Gasteiger partial charge in [-0.05, 0) is 18.1 Å². The molecule has 2 aromatic rings. The fraction of sp³-hybridized carbons (Fsp3) is 0.333. The fourth-order valence-corrected chi connectivity index (χ4v) is 3.05. The molecule has 1 aromatic carbocycles. The van der Waals surface area contributed by atoms with Crippen LogP contribution in [0.15, 0.2) is 35.5 Å². The lowest BCUT2D eigenvalue weighted by molar-refractivity contribution is 0.0695. The zero-order valence-corrected chi connectivity index (χ0v) is 13.7. The quantitative estimate of drug-likeness (QED) is 0.712. The topological polar surface area (TPSA) is 112 Å². The van der Waals surface area contributed by atoms with Crippen molar-refractivity contribution in [3.63, 3.8) is 0 Å². The summed E-state index contributed by atoms with van der Waals surface area (Å²) in [6, 6.07) is 6.52. The summed E-state index contributed by atoms with van der Waals surface area (Å²) in [5.41, 5.74) is 0.755. The van der Waals surface area contributed by atoms with Gasteiger partial charge in [-0.15, -0.1) is 0 Å². The van der Waals surface area contributed by atoms with E-state index in [-0.39, 0.29) is 29.5 Å². The molecule has 0 spiro atoms. The van der Waals surface area contributed by atoms with Crippen molar-refractivity contribution in [1.29, 1.82) is 0 Å². The molecule has 0 saturated carbocycles. The summed E-state index contributed by atoms with van der Waals surface area (Å²) in [5, 5.41) is 9.11. The lowest BCUT2D eigenvalue weighted by atomic mass is 10.1. The number of carbonyl (C=O) groups is 1. The van der Waals surface area contributed by atoms with Gasteiger partial charge in [0.15, 0.2) is 5.03 Å². The molecule has 0 atom stereocenters. The molecule has 1 aromatic heterocycles. The number of aromatic carboxylic acids is 1. The summed E-state index contributed by atoms with van der Waals surface area (Å²) in [7, 11) is -3.69. The second-order valence-electron chi connectivity index (χ2n) is 5.40. The number of benzene rings is 1. The molecular weight excluding hydrogens is 318 g/mol. The van der Waals surface area contributed by atoms with Gasteiger partial charge in [-0.1, -0.05) is 32.0 Å². The van der Waals surface area contributed by atoms with E-state index in [1.54, 1.807) is 18.2 Å². The largest absolute Gasteiger partial charge is 0.478 e. The molecule has 0 aliphatic carbocycles. The Hall–Kier alpha value is -2.19. The molecule has 0 radical (unpaired) electrons. The molecule has 8 heteroatoms. The third kappa shape index (κ3) is 4.17. The minimum atomic E-state index is -3.69. The van der Waals surface area contributed by atoms with Crippen molar-refractivity contribution in [3.8, 4) is 0 Å². The fourth-order valence-electron chi connectivity index (χ4n) is 2.09. The molecule has 0 aliphatic heterocycles. The van der Waals surface area contributed by atoms with Crippen molar-refractivity contribution >= 4 is 16.0 Å². The van der Waals surface area contributed by atoms with Crippen LogP contribution in [0.4, 0.5) is 0 Å². The maximum absolute atomic E-state index is 12.2. The van der Waals surface area contributed by atoms with Crippen LogP contribution in [0, 0.1) is 0 Å². The van der Waals surface area contributed by atoms with Crippen LogP contribution in [0.2, 0.25) is 0 Å². The molecule has 23 heavy (non-hydrogen) atoms. The molecule has 3 N–H and O–H groups in total. The van der Waals surface area contributed by atoms with Crippen LogP contribution in [-0.2, 0) is 16.4 Å². The number of hydrogen-bond donors (Lipinski definition) is 3. The highest BCUT2D eigenvalue weighted by molar-refractivity contribution is 7.89.